The molecule has 2 fully saturated rings. The lowest BCUT2D eigenvalue weighted by atomic mass is 10.3. The molecule has 0 spiro atoms. The van der Waals surface area contributed by atoms with Crippen molar-refractivity contribution >= 4 is 11.8 Å². The van der Waals surface area contributed by atoms with Crippen LogP contribution in [-0.2, 0) is 0 Å². The first-order chi connectivity index (χ1) is 6.84. The fourth-order valence-corrected chi connectivity index (χ4v) is 3.15. The maximum atomic E-state index is 5.88. The summed E-state index contributed by atoms with van der Waals surface area (Å²) in [7, 11) is 0. The summed E-state index contributed by atoms with van der Waals surface area (Å²) in [6, 6.07) is 0.437. The maximum absolute atomic E-state index is 5.88. The minimum atomic E-state index is 0.437. The zero-order valence-electron chi connectivity index (χ0n) is 8.82. The van der Waals surface area contributed by atoms with Gasteiger partial charge in [-0.1, -0.05) is 0 Å². The Morgan fingerprint density at radius 3 is 2.43 bits per heavy atom. The van der Waals surface area contributed by atoms with Gasteiger partial charge < -0.3 is 15.5 Å². The SMILES string of the molecule is NC1CCN(CCN2CCSCC2)C1. The van der Waals surface area contributed by atoms with E-state index in [0.717, 1.165) is 6.54 Å². The molecule has 0 saturated carbocycles. The highest BCUT2D eigenvalue weighted by atomic mass is 32.2. The van der Waals surface area contributed by atoms with Gasteiger partial charge in [0.15, 0.2) is 0 Å². The van der Waals surface area contributed by atoms with E-state index < -0.39 is 0 Å². The molecule has 4 heteroatoms. The van der Waals surface area contributed by atoms with Crippen molar-refractivity contribution in [3.05, 3.63) is 0 Å². The highest BCUT2D eigenvalue weighted by Gasteiger charge is 2.19. The van der Waals surface area contributed by atoms with E-state index in [1.807, 2.05) is 0 Å². The molecule has 1 atom stereocenters. The van der Waals surface area contributed by atoms with Crippen molar-refractivity contribution in [1.29, 1.82) is 0 Å². The van der Waals surface area contributed by atoms with Crippen LogP contribution in [0.5, 0.6) is 0 Å². The molecule has 2 N–H and O–H groups in total. The second-order valence-corrected chi connectivity index (χ2v) is 5.53. The number of hydrogen-bond acceptors (Lipinski definition) is 4. The standard InChI is InChI=1S/C10H21N3S/c11-10-1-2-13(9-10)4-3-12-5-7-14-8-6-12/h10H,1-9,11H2. The largest absolute Gasteiger partial charge is 0.326 e. The Hall–Kier alpha value is 0.230. The molecule has 2 saturated heterocycles. The average Bonchev–Trinajstić information content (AvgIpc) is 2.63. The molecule has 0 aromatic heterocycles. The molecule has 1 unspecified atom stereocenters. The monoisotopic (exact) mass is 215 g/mol. The molecule has 14 heavy (non-hydrogen) atoms. The summed E-state index contributed by atoms with van der Waals surface area (Å²) >= 11 is 2.08. The van der Waals surface area contributed by atoms with Crippen molar-refractivity contribution in [3.8, 4) is 0 Å². The first-order valence-corrected chi connectivity index (χ1v) is 6.78. The van der Waals surface area contributed by atoms with Crippen LogP contribution in [0.25, 0.3) is 0 Å². The molecule has 2 heterocycles. The van der Waals surface area contributed by atoms with Crippen LogP contribution < -0.4 is 5.73 Å². The molecule has 2 rings (SSSR count). The number of rotatable bonds is 3. The van der Waals surface area contributed by atoms with Crippen molar-refractivity contribution in [2.45, 2.75) is 12.5 Å². The third-order valence-electron chi connectivity index (χ3n) is 3.14. The van der Waals surface area contributed by atoms with Gasteiger partial charge in [0, 0.05) is 50.3 Å². The summed E-state index contributed by atoms with van der Waals surface area (Å²) in [6.07, 6.45) is 1.19. The van der Waals surface area contributed by atoms with E-state index >= 15 is 0 Å². The van der Waals surface area contributed by atoms with E-state index in [1.54, 1.807) is 0 Å². The van der Waals surface area contributed by atoms with Crippen molar-refractivity contribution < 1.29 is 0 Å². The van der Waals surface area contributed by atoms with Crippen molar-refractivity contribution in [2.75, 3.05) is 50.8 Å². The van der Waals surface area contributed by atoms with E-state index in [2.05, 4.69) is 21.6 Å². The zero-order chi connectivity index (χ0) is 9.80. The van der Waals surface area contributed by atoms with Crippen LogP contribution in [0.1, 0.15) is 6.42 Å². The normalized spacial score (nSPS) is 31.1. The molecule has 2 aliphatic heterocycles. The predicted octanol–water partition coefficient (Wildman–Crippen LogP) is 0.0682. The number of likely N-dealkylation sites (tertiary alicyclic amines) is 1. The first kappa shape index (κ1) is 10.7. The van der Waals surface area contributed by atoms with E-state index in [4.69, 9.17) is 5.73 Å². The predicted molar refractivity (Wildman–Crippen MR) is 62.8 cm³/mol. The highest BCUT2D eigenvalue weighted by molar-refractivity contribution is 7.99. The second kappa shape index (κ2) is 5.35. The fourth-order valence-electron chi connectivity index (χ4n) is 2.17. The molecule has 0 radical (unpaired) electrons. The molecule has 3 nitrogen and oxygen atoms in total. The molecule has 0 aliphatic carbocycles. The van der Waals surface area contributed by atoms with Crippen LogP contribution in [0.15, 0.2) is 0 Å². The third-order valence-corrected chi connectivity index (χ3v) is 4.09. The second-order valence-electron chi connectivity index (χ2n) is 4.30. The van der Waals surface area contributed by atoms with Gasteiger partial charge in [0.2, 0.25) is 0 Å². The zero-order valence-corrected chi connectivity index (χ0v) is 9.64. The van der Waals surface area contributed by atoms with Gasteiger partial charge in [-0.15, -0.1) is 0 Å². The van der Waals surface area contributed by atoms with Crippen LogP contribution in [-0.4, -0.2) is 66.6 Å². The summed E-state index contributed by atoms with van der Waals surface area (Å²) in [5, 5.41) is 0. The van der Waals surface area contributed by atoms with E-state index in [0.29, 0.717) is 6.04 Å². The number of nitrogens with two attached hydrogens (primary N) is 1. The van der Waals surface area contributed by atoms with E-state index in [-0.39, 0.29) is 0 Å². The lowest BCUT2D eigenvalue weighted by molar-refractivity contribution is 0.239. The molecule has 2 aliphatic rings. The maximum Gasteiger partial charge on any atom is 0.0180 e. The Bertz CT molecular complexity index is 166. The van der Waals surface area contributed by atoms with Gasteiger partial charge in [0.1, 0.15) is 0 Å². The van der Waals surface area contributed by atoms with Crippen molar-refractivity contribution in [3.63, 3.8) is 0 Å². The smallest absolute Gasteiger partial charge is 0.0180 e. The van der Waals surface area contributed by atoms with E-state index in [1.165, 1.54) is 50.7 Å². The molecule has 0 aromatic rings. The highest BCUT2D eigenvalue weighted by Crippen LogP contribution is 2.10. The van der Waals surface area contributed by atoms with Crippen molar-refractivity contribution in [2.24, 2.45) is 5.73 Å². The minimum Gasteiger partial charge on any atom is -0.326 e. The lowest BCUT2D eigenvalue weighted by Crippen LogP contribution is -2.39. The summed E-state index contributed by atoms with van der Waals surface area (Å²) in [4.78, 5) is 5.09. The molecule has 0 aromatic carbocycles. The van der Waals surface area contributed by atoms with Crippen LogP contribution >= 0.6 is 11.8 Å². The third kappa shape index (κ3) is 3.12. The first-order valence-electron chi connectivity index (χ1n) is 5.62. The Morgan fingerprint density at radius 2 is 1.79 bits per heavy atom. The Balaban J connectivity index is 1.61. The topological polar surface area (TPSA) is 32.5 Å². The summed E-state index contributed by atoms with van der Waals surface area (Å²) in [5.41, 5.74) is 5.88. The average molecular weight is 215 g/mol. The van der Waals surface area contributed by atoms with Gasteiger partial charge >= 0.3 is 0 Å². The van der Waals surface area contributed by atoms with Crippen LogP contribution in [0.4, 0.5) is 0 Å². The van der Waals surface area contributed by atoms with Crippen LogP contribution in [0, 0.1) is 0 Å². The Labute approximate surface area is 91.0 Å². The van der Waals surface area contributed by atoms with Gasteiger partial charge in [-0.3, -0.25) is 0 Å². The Morgan fingerprint density at radius 1 is 1.07 bits per heavy atom. The lowest BCUT2D eigenvalue weighted by Gasteiger charge is -2.28. The van der Waals surface area contributed by atoms with Crippen molar-refractivity contribution in [1.82, 2.24) is 9.80 Å². The summed E-state index contributed by atoms with van der Waals surface area (Å²) in [5.74, 6) is 2.64. The number of hydrogen-bond donors (Lipinski definition) is 1. The number of thioether (sulfide) groups is 1. The quantitative estimate of drug-likeness (QED) is 0.722. The molecule has 0 bridgehead atoms. The van der Waals surface area contributed by atoms with E-state index in [9.17, 15) is 0 Å². The number of nitrogens with zero attached hydrogens (tertiary/aromatic N) is 2. The minimum absolute atomic E-state index is 0.437. The summed E-state index contributed by atoms with van der Waals surface area (Å²) < 4.78 is 0. The van der Waals surface area contributed by atoms with Gasteiger partial charge in [-0.05, 0) is 13.0 Å². The molecular formula is C10H21N3S. The van der Waals surface area contributed by atoms with Crippen LogP contribution in [0.3, 0.4) is 0 Å². The van der Waals surface area contributed by atoms with Gasteiger partial charge in [-0.25, -0.2) is 0 Å². The molecule has 0 amide bonds. The Kier molecular flexibility index (Phi) is 4.10. The fraction of sp³-hybridized carbons (Fsp3) is 1.00. The van der Waals surface area contributed by atoms with Gasteiger partial charge in [0.25, 0.3) is 0 Å². The summed E-state index contributed by atoms with van der Waals surface area (Å²) in [6.45, 7) is 7.35. The molecular weight excluding hydrogens is 194 g/mol. The molecule has 82 valence electrons. The van der Waals surface area contributed by atoms with Crippen LogP contribution in [0.2, 0.25) is 0 Å². The van der Waals surface area contributed by atoms with Gasteiger partial charge in [0.05, 0.1) is 0 Å². The van der Waals surface area contributed by atoms with Gasteiger partial charge in [-0.2, -0.15) is 11.8 Å².